The summed E-state index contributed by atoms with van der Waals surface area (Å²) in [5, 5.41) is 6.27. The topological polar surface area (TPSA) is 87.3 Å². The van der Waals surface area contributed by atoms with Gasteiger partial charge in [0.15, 0.2) is 0 Å². The van der Waals surface area contributed by atoms with Crippen LogP contribution in [0.3, 0.4) is 0 Å². The van der Waals surface area contributed by atoms with Crippen LogP contribution in [0.1, 0.15) is 43.7 Å². The van der Waals surface area contributed by atoms with Gasteiger partial charge in [0.1, 0.15) is 0 Å². The Kier molecular flexibility index (Phi) is 6.32. The van der Waals surface area contributed by atoms with Gasteiger partial charge in [-0.25, -0.2) is 13.1 Å². The van der Waals surface area contributed by atoms with Crippen LogP contribution in [0.4, 0.5) is 0 Å². The number of fused-ring (bicyclic) bond motifs is 1. The average Bonchev–Trinajstić information content (AvgIpc) is 2.63. The van der Waals surface area contributed by atoms with Crippen molar-refractivity contribution in [2.24, 2.45) is 5.92 Å². The van der Waals surface area contributed by atoms with Gasteiger partial charge in [0.05, 0.1) is 4.90 Å². The number of rotatable bonds is 6. The van der Waals surface area contributed by atoms with Gasteiger partial charge in [-0.3, -0.25) is 4.79 Å². The third kappa shape index (κ3) is 4.84. The van der Waals surface area contributed by atoms with E-state index in [9.17, 15) is 13.2 Å². The molecule has 0 spiro atoms. The largest absolute Gasteiger partial charge is 0.352 e. The minimum absolute atomic E-state index is 0.111. The minimum atomic E-state index is -3.58. The van der Waals surface area contributed by atoms with Gasteiger partial charge >= 0.3 is 0 Å². The molecular weight excluding hydrogens is 350 g/mol. The van der Waals surface area contributed by atoms with Crippen molar-refractivity contribution in [2.75, 3.05) is 19.6 Å². The summed E-state index contributed by atoms with van der Waals surface area (Å²) in [6, 6.07) is 5.50. The van der Waals surface area contributed by atoms with Crippen molar-refractivity contribution in [1.29, 1.82) is 0 Å². The summed E-state index contributed by atoms with van der Waals surface area (Å²) < 4.78 is 27.5. The highest BCUT2D eigenvalue weighted by atomic mass is 32.2. The van der Waals surface area contributed by atoms with E-state index < -0.39 is 10.0 Å². The Morgan fingerprint density at radius 3 is 2.77 bits per heavy atom. The quantitative estimate of drug-likeness (QED) is 0.696. The summed E-state index contributed by atoms with van der Waals surface area (Å²) in [5.74, 6) is 0.325. The Bertz CT molecular complexity index is 748. The van der Waals surface area contributed by atoms with Gasteiger partial charge in [-0.05, 0) is 67.8 Å². The fraction of sp³-hybridized carbons (Fsp3) is 0.632. The zero-order valence-corrected chi connectivity index (χ0v) is 16.2. The first kappa shape index (κ1) is 19.3. The maximum Gasteiger partial charge on any atom is 0.240 e. The lowest BCUT2D eigenvalue weighted by molar-refractivity contribution is -0.122. The van der Waals surface area contributed by atoms with Gasteiger partial charge in [0.25, 0.3) is 0 Å². The number of piperidine rings is 1. The lowest BCUT2D eigenvalue weighted by Gasteiger charge is -2.30. The summed E-state index contributed by atoms with van der Waals surface area (Å²) in [6.07, 6.45) is 5.43. The normalized spacial score (nSPS) is 23.3. The van der Waals surface area contributed by atoms with Crippen LogP contribution >= 0.6 is 0 Å². The molecular formula is C19H29N3O3S. The van der Waals surface area contributed by atoms with Crippen LogP contribution < -0.4 is 15.4 Å². The first-order valence-electron chi connectivity index (χ1n) is 9.57. The van der Waals surface area contributed by atoms with Gasteiger partial charge < -0.3 is 10.6 Å². The van der Waals surface area contributed by atoms with Crippen LogP contribution in [-0.4, -0.2) is 40.0 Å². The summed E-state index contributed by atoms with van der Waals surface area (Å²) in [5.41, 5.74) is 2.39. The average molecular weight is 380 g/mol. The van der Waals surface area contributed by atoms with Gasteiger partial charge in [-0.1, -0.05) is 13.0 Å². The molecule has 1 saturated heterocycles. The van der Waals surface area contributed by atoms with Crippen LogP contribution in [-0.2, 0) is 27.7 Å². The molecule has 26 heavy (non-hydrogen) atoms. The molecule has 0 aromatic heterocycles. The van der Waals surface area contributed by atoms with E-state index in [4.69, 9.17) is 0 Å². The summed E-state index contributed by atoms with van der Waals surface area (Å²) in [4.78, 5) is 12.4. The summed E-state index contributed by atoms with van der Waals surface area (Å²) in [6.45, 7) is 3.99. The first-order valence-corrected chi connectivity index (χ1v) is 11.1. The Hall–Kier alpha value is -1.44. The maximum atomic E-state index is 12.5. The molecule has 0 bridgehead atoms. The van der Waals surface area contributed by atoms with Gasteiger partial charge in [-0.15, -0.1) is 0 Å². The molecule has 6 nitrogen and oxygen atoms in total. The second kappa shape index (κ2) is 8.50. The fourth-order valence-corrected chi connectivity index (χ4v) is 4.80. The first-order chi connectivity index (χ1) is 12.5. The third-order valence-corrected chi connectivity index (χ3v) is 6.91. The molecule has 1 aromatic rings. The van der Waals surface area contributed by atoms with Crippen LogP contribution in [0.15, 0.2) is 23.1 Å². The molecule has 3 rings (SSSR count). The van der Waals surface area contributed by atoms with Crippen molar-refractivity contribution in [3.05, 3.63) is 29.3 Å². The molecule has 2 aliphatic rings. The highest BCUT2D eigenvalue weighted by molar-refractivity contribution is 7.89. The molecule has 0 radical (unpaired) electrons. The Balaban J connectivity index is 1.51. The predicted molar refractivity (Wildman–Crippen MR) is 101 cm³/mol. The van der Waals surface area contributed by atoms with E-state index in [1.54, 1.807) is 12.1 Å². The van der Waals surface area contributed by atoms with E-state index in [-0.39, 0.29) is 24.9 Å². The standard InChI is InChI=1S/C19H29N3O3S/c1-14-8-10-20-13-18(14)22-19(23)9-11-21-26(24,25)17-7-6-15-4-2-3-5-16(15)12-17/h6-7,12,14,18,20-21H,2-5,8-11,13H2,1H3,(H,22,23). The molecule has 144 valence electrons. The minimum Gasteiger partial charge on any atom is -0.352 e. The molecule has 2 atom stereocenters. The lowest BCUT2D eigenvalue weighted by Crippen LogP contribution is -2.50. The number of sulfonamides is 1. The highest BCUT2D eigenvalue weighted by Gasteiger charge is 2.23. The van der Waals surface area contributed by atoms with E-state index >= 15 is 0 Å². The van der Waals surface area contributed by atoms with Gasteiger partial charge in [0, 0.05) is 25.6 Å². The van der Waals surface area contributed by atoms with Gasteiger partial charge in [-0.2, -0.15) is 0 Å². The molecule has 1 aliphatic heterocycles. The second-order valence-electron chi connectivity index (χ2n) is 7.43. The van der Waals surface area contributed by atoms with Gasteiger partial charge in [0.2, 0.25) is 15.9 Å². The Morgan fingerprint density at radius 2 is 2.00 bits per heavy atom. The molecule has 7 heteroatoms. The SMILES string of the molecule is CC1CCNCC1NC(=O)CCNS(=O)(=O)c1ccc2c(c1)CCCC2. The van der Waals surface area contributed by atoms with E-state index in [1.807, 2.05) is 6.07 Å². The number of carbonyl (C=O) groups excluding carboxylic acids is 1. The highest BCUT2D eigenvalue weighted by Crippen LogP contribution is 2.24. The van der Waals surface area contributed by atoms with Crippen LogP contribution in [0.5, 0.6) is 0 Å². The fourth-order valence-electron chi connectivity index (χ4n) is 3.72. The summed E-state index contributed by atoms with van der Waals surface area (Å²) >= 11 is 0. The number of amides is 1. The molecule has 1 amide bonds. The van der Waals surface area contributed by atoms with Crippen molar-refractivity contribution in [3.8, 4) is 0 Å². The molecule has 1 aromatic carbocycles. The smallest absolute Gasteiger partial charge is 0.240 e. The molecule has 1 aliphatic carbocycles. The van der Waals surface area contributed by atoms with E-state index in [2.05, 4.69) is 22.3 Å². The number of aryl methyl sites for hydroxylation is 2. The zero-order valence-electron chi connectivity index (χ0n) is 15.4. The molecule has 1 heterocycles. The van der Waals surface area contributed by atoms with Crippen molar-refractivity contribution >= 4 is 15.9 Å². The number of hydrogen-bond donors (Lipinski definition) is 3. The summed E-state index contributed by atoms with van der Waals surface area (Å²) in [7, 11) is -3.58. The number of nitrogens with one attached hydrogen (secondary N) is 3. The number of carbonyl (C=O) groups is 1. The van der Waals surface area contributed by atoms with Crippen LogP contribution in [0.2, 0.25) is 0 Å². The molecule has 0 saturated carbocycles. The van der Waals surface area contributed by atoms with Crippen LogP contribution in [0, 0.1) is 5.92 Å². The van der Waals surface area contributed by atoms with E-state index in [0.717, 1.165) is 44.3 Å². The van der Waals surface area contributed by atoms with E-state index in [1.165, 1.54) is 12.0 Å². The lowest BCUT2D eigenvalue weighted by atomic mass is 9.92. The van der Waals surface area contributed by atoms with Crippen molar-refractivity contribution in [2.45, 2.75) is 56.4 Å². The zero-order chi connectivity index (χ0) is 18.6. The predicted octanol–water partition coefficient (Wildman–Crippen LogP) is 1.35. The second-order valence-corrected chi connectivity index (χ2v) is 9.20. The van der Waals surface area contributed by atoms with Crippen LogP contribution in [0.25, 0.3) is 0 Å². The number of hydrogen-bond acceptors (Lipinski definition) is 4. The molecule has 1 fully saturated rings. The Morgan fingerprint density at radius 1 is 1.23 bits per heavy atom. The maximum absolute atomic E-state index is 12.5. The third-order valence-electron chi connectivity index (χ3n) is 5.45. The monoisotopic (exact) mass is 379 g/mol. The molecule has 2 unspecified atom stereocenters. The van der Waals surface area contributed by atoms with Crippen molar-refractivity contribution in [3.63, 3.8) is 0 Å². The van der Waals surface area contributed by atoms with Crippen molar-refractivity contribution in [1.82, 2.24) is 15.4 Å². The van der Waals surface area contributed by atoms with E-state index in [0.29, 0.717) is 10.8 Å². The Labute approximate surface area is 156 Å². The molecule has 3 N–H and O–H groups in total. The number of benzene rings is 1. The van der Waals surface area contributed by atoms with Crippen molar-refractivity contribution < 1.29 is 13.2 Å².